The van der Waals surface area contributed by atoms with Gasteiger partial charge in [-0.3, -0.25) is 0 Å². The van der Waals surface area contributed by atoms with Crippen molar-refractivity contribution in [3.8, 4) is 5.75 Å². The van der Waals surface area contributed by atoms with Crippen LogP contribution in [0.4, 0.5) is 13.2 Å². The van der Waals surface area contributed by atoms with Crippen LogP contribution in [0.15, 0.2) is 66.7 Å². The standard InChI is InChI=1S/C18H13F3O3S/c19-18(20,21)25(22,23)24-17-12-15-9-5-4-8-14(15)11-16(17)10-13-6-2-1-3-7-13/h1-9,11-12H,10H2. The zero-order valence-electron chi connectivity index (χ0n) is 12.8. The van der Waals surface area contributed by atoms with E-state index in [4.69, 9.17) is 0 Å². The minimum atomic E-state index is -5.73. The topological polar surface area (TPSA) is 43.4 Å². The number of halogens is 3. The lowest BCUT2D eigenvalue weighted by Crippen LogP contribution is -2.28. The van der Waals surface area contributed by atoms with Crippen molar-refractivity contribution in [3.05, 3.63) is 77.9 Å². The highest BCUT2D eigenvalue weighted by Crippen LogP contribution is 2.33. The molecule has 0 unspecified atom stereocenters. The molecule has 3 rings (SSSR count). The SMILES string of the molecule is O=S(=O)(Oc1cc2ccccc2cc1Cc1ccccc1)C(F)(F)F. The van der Waals surface area contributed by atoms with Gasteiger partial charge in [-0.1, -0.05) is 54.6 Å². The molecule has 25 heavy (non-hydrogen) atoms. The van der Waals surface area contributed by atoms with Gasteiger partial charge >= 0.3 is 15.6 Å². The first kappa shape index (κ1) is 17.3. The molecule has 0 saturated carbocycles. The number of rotatable bonds is 4. The minimum absolute atomic E-state index is 0.244. The van der Waals surface area contributed by atoms with E-state index in [2.05, 4.69) is 4.18 Å². The Morgan fingerprint density at radius 1 is 0.840 bits per heavy atom. The fourth-order valence-corrected chi connectivity index (χ4v) is 2.95. The van der Waals surface area contributed by atoms with Gasteiger partial charge in [-0.15, -0.1) is 0 Å². The zero-order valence-corrected chi connectivity index (χ0v) is 13.6. The third-order valence-corrected chi connectivity index (χ3v) is 4.62. The van der Waals surface area contributed by atoms with Crippen molar-refractivity contribution < 1.29 is 25.8 Å². The molecule has 0 atom stereocenters. The summed E-state index contributed by atoms with van der Waals surface area (Å²) in [7, 11) is -5.73. The normalized spacial score (nSPS) is 12.3. The molecule has 7 heteroatoms. The van der Waals surface area contributed by atoms with Crippen molar-refractivity contribution >= 4 is 20.9 Å². The summed E-state index contributed by atoms with van der Waals surface area (Å²) in [6, 6.07) is 18.9. The van der Waals surface area contributed by atoms with Gasteiger partial charge in [-0.25, -0.2) is 0 Å². The quantitative estimate of drug-likeness (QED) is 0.498. The summed E-state index contributed by atoms with van der Waals surface area (Å²) in [4.78, 5) is 0. The average Bonchev–Trinajstić information content (AvgIpc) is 2.55. The Morgan fingerprint density at radius 2 is 1.40 bits per heavy atom. The average molecular weight is 366 g/mol. The Balaban J connectivity index is 2.10. The molecule has 3 aromatic rings. The molecule has 0 radical (unpaired) electrons. The molecule has 0 fully saturated rings. The Hall–Kier alpha value is -2.54. The Kier molecular flexibility index (Phi) is 4.43. The van der Waals surface area contributed by atoms with Gasteiger partial charge in [0.15, 0.2) is 0 Å². The molecule has 0 bridgehead atoms. The van der Waals surface area contributed by atoms with Gasteiger partial charge in [0, 0.05) is 12.0 Å². The molecule has 3 aromatic carbocycles. The third-order valence-electron chi connectivity index (χ3n) is 3.65. The van der Waals surface area contributed by atoms with Crippen LogP contribution in [0.2, 0.25) is 0 Å². The maximum atomic E-state index is 12.7. The maximum Gasteiger partial charge on any atom is 0.534 e. The van der Waals surface area contributed by atoms with Crippen molar-refractivity contribution in [2.45, 2.75) is 11.9 Å². The van der Waals surface area contributed by atoms with Crippen LogP contribution in [0.1, 0.15) is 11.1 Å². The molecule has 0 aromatic heterocycles. The number of hydrogen-bond acceptors (Lipinski definition) is 3. The van der Waals surface area contributed by atoms with Crippen LogP contribution in [0.5, 0.6) is 5.75 Å². The molecule has 0 aliphatic carbocycles. The summed E-state index contributed by atoms with van der Waals surface area (Å²) < 4.78 is 65.3. The third kappa shape index (κ3) is 3.76. The first-order chi connectivity index (χ1) is 11.8. The fraction of sp³-hybridized carbons (Fsp3) is 0.111. The molecular formula is C18H13F3O3S. The van der Waals surface area contributed by atoms with E-state index in [0.717, 1.165) is 10.9 Å². The van der Waals surface area contributed by atoms with Crippen LogP contribution in [0.3, 0.4) is 0 Å². The molecule has 0 amide bonds. The van der Waals surface area contributed by atoms with Crippen LogP contribution in [-0.2, 0) is 16.5 Å². The van der Waals surface area contributed by atoms with E-state index in [-0.39, 0.29) is 12.2 Å². The molecule has 0 aliphatic rings. The van der Waals surface area contributed by atoms with E-state index in [9.17, 15) is 21.6 Å². The number of alkyl halides is 3. The highest BCUT2D eigenvalue weighted by molar-refractivity contribution is 7.88. The van der Waals surface area contributed by atoms with E-state index in [1.54, 1.807) is 54.6 Å². The lowest BCUT2D eigenvalue weighted by atomic mass is 10.0. The van der Waals surface area contributed by atoms with Crippen LogP contribution < -0.4 is 4.18 Å². The highest BCUT2D eigenvalue weighted by Gasteiger charge is 2.48. The summed E-state index contributed by atoms with van der Waals surface area (Å²) in [5, 5.41) is 1.37. The van der Waals surface area contributed by atoms with Crippen molar-refractivity contribution in [1.29, 1.82) is 0 Å². The van der Waals surface area contributed by atoms with Crippen LogP contribution >= 0.6 is 0 Å². The maximum absolute atomic E-state index is 12.7. The van der Waals surface area contributed by atoms with E-state index < -0.39 is 15.6 Å². The Labute approximate surface area is 142 Å². The van der Waals surface area contributed by atoms with Gasteiger partial charge in [0.1, 0.15) is 5.75 Å². The smallest absolute Gasteiger partial charge is 0.376 e. The van der Waals surface area contributed by atoms with Crippen molar-refractivity contribution in [2.75, 3.05) is 0 Å². The van der Waals surface area contributed by atoms with E-state index in [1.807, 2.05) is 6.07 Å². The summed E-state index contributed by atoms with van der Waals surface area (Å²) in [6.45, 7) is 0. The lowest BCUT2D eigenvalue weighted by molar-refractivity contribution is -0.0500. The predicted octanol–water partition coefficient (Wildman–Crippen LogP) is 4.66. The summed E-state index contributed by atoms with van der Waals surface area (Å²) in [5.41, 5.74) is -4.30. The van der Waals surface area contributed by atoms with Crippen LogP contribution in [0, 0.1) is 0 Å². The molecule has 0 spiro atoms. The first-order valence-electron chi connectivity index (χ1n) is 7.33. The van der Waals surface area contributed by atoms with Gasteiger partial charge in [-0.2, -0.15) is 21.6 Å². The van der Waals surface area contributed by atoms with Gasteiger partial charge in [0.05, 0.1) is 0 Å². The lowest BCUT2D eigenvalue weighted by Gasteiger charge is -2.14. The second-order valence-corrected chi connectivity index (χ2v) is 6.99. The second-order valence-electron chi connectivity index (χ2n) is 5.45. The molecule has 0 saturated heterocycles. The Bertz CT molecular complexity index is 997. The summed E-state index contributed by atoms with van der Waals surface area (Å²) >= 11 is 0. The van der Waals surface area contributed by atoms with Crippen LogP contribution in [0.25, 0.3) is 10.8 Å². The minimum Gasteiger partial charge on any atom is -0.376 e. The van der Waals surface area contributed by atoms with Crippen molar-refractivity contribution in [2.24, 2.45) is 0 Å². The van der Waals surface area contributed by atoms with E-state index in [0.29, 0.717) is 10.9 Å². The number of benzene rings is 3. The van der Waals surface area contributed by atoms with E-state index in [1.165, 1.54) is 6.07 Å². The number of fused-ring (bicyclic) bond motifs is 1. The van der Waals surface area contributed by atoms with Gasteiger partial charge in [0.2, 0.25) is 0 Å². The monoisotopic (exact) mass is 366 g/mol. The molecule has 0 heterocycles. The van der Waals surface area contributed by atoms with Gasteiger partial charge in [0.25, 0.3) is 0 Å². The Morgan fingerprint density at radius 3 is 2.00 bits per heavy atom. The summed E-state index contributed by atoms with van der Waals surface area (Å²) in [6.07, 6.45) is 0.244. The van der Waals surface area contributed by atoms with Gasteiger partial charge in [-0.05, 0) is 28.5 Å². The molecule has 0 aliphatic heterocycles. The molecule has 0 N–H and O–H groups in total. The second kappa shape index (κ2) is 6.40. The first-order valence-corrected chi connectivity index (χ1v) is 8.73. The zero-order chi connectivity index (χ0) is 18.1. The predicted molar refractivity (Wildman–Crippen MR) is 88.8 cm³/mol. The molecular weight excluding hydrogens is 353 g/mol. The van der Waals surface area contributed by atoms with Crippen molar-refractivity contribution in [3.63, 3.8) is 0 Å². The van der Waals surface area contributed by atoms with Crippen molar-refractivity contribution in [1.82, 2.24) is 0 Å². The largest absolute Gasteiger partial charge is 0.534 e. The molecule has 130 valence electrons. The van der Waals surface area contributed by atoms with Gasteiger partial charge < -0.3 is 4.18 Å². The highest BCUT2D eigenvalue weighted by atomic mass is 32.2. The molecule has 3 nitrogen and oxygen atoms in total. The number of hydrogen-bond donors (Lipinski definition) is 0. The fourth-order valence-electron chi connectivity index (χ4n) is 2.46. The summed E-state index contributed by atoms with van der Waals surface area (Å²) in [5.74, 6) is -0.320. The van der Waals surface area contributed by atoms with E-state index >= 15 is 0 Å². The van der Waals surface area contributed by atoms with Crippen LogP contribution in [-0.4, -0.2) is 13.9 Å².